The molecule has 0 saturated carbocycles. The van der Waals surface area contributed by atoms with Crippen molar-refractivity contribution in [2.75, 3.05) is 39.2 Å². The van der Waals surface area contributed by atoms with Crippen LogP contribution in [-0.2, 0) is 0 Å². The predicted octanol–water partition coefficient (Wildman–Crippen LogP) is 4.07. The van der Waals surface area contributed by atoms with Gasteiger partial charge in [-0.15, -0.1) is 0 Å². The van der Waals surface area contributed by atoms with Gasteiger partial charge in [-0.3, -0.25) is 19.8 Å². The highest BCUT2D eigenvalue weighted by molar-refractivity contribution is 7.22. The number of nitro groups is 1. The van der Waals surface area contributed by atoms with Crippen LogP contribution in [0.25, 0.3) is 10.2 Å². The topological polar surface area (TPSA) is 88.8 Å². The van der Waals surface area contributed by atoms with Gasteiger partial charge in [0.25, 0.3) is 11.6 Å². The van der Waals surface area contributed by atoms with Crippen molar-refractivity contribution in [1.29, 1.82) is 0 Å². The van der Waals surface area contributed by atoms with Crippen LogP contribution < -0.4 is 9.64 Å². The smallest absolute Gasteiger partial charge is 0.282 e. The number of benzene rings is 2. The third-order valence-electron chi connectivity index (χ3n) is 4.22. The number of aromatic nitrogens is 1. The molecule has 0 N–H and O–H groups in total. The molecule has 0 radical (unpaired) electrons. The van der Waals surface area contributed by atoms with E-state index >= 15 is 0 Å². The lowest BCUT2D eigenvalue weighted by molar-refractivity contribution is -0.385. The van der Waals surface area contributed by atoms with Gasteiger partial charge in [0.15, 0.2) is 5.13 Å². The third-order valence-corrected chi connectivity index (χ3v) is 5.50. The highest BCUT2D eigenvalue weighted by Crippen LogP contribution is 2.35. The number of carbonyl (C=O) groups excluding carboxylic acids is 1. The van der Waals surface area contributed by atoms with E-state index < -0.39 is 10.8 Å². The molecule has 0 atom stereocenters. The molecule has 3 rings (SSSR count). The third kappa shape index (κ3) is 4.47. The normalized spacial score (nSPS) is 11.1. The first-order valence-corrected chi connectivity index (χ1v) is 9.85. The molecule has 0 saturated heterocycles. The average molecular weight is 435 g/mol. The van der Waals surface area contributed by atoms with E-state index in [-0.39, 0.29) is 16.3 Å². The summed E-state index contributed by atoms with van der Waals surface area (Å²) in [7, 11) is 5.32. The number of halogens is 1. The van der Waals surface area contributed by atoms with Crippen molar-refractivity contribution in [2.45, 2.75) is 0 Å². The fourth-order valence-electron chi connectivity index (χ4n) is 2.76. The molecule has 10 heteroatoms. The van der Waals surface area contributed by atoms with Gasteiger partial charge in [0.05, 0.1) is 16.7 Å². The Balaban J connectivity index is 2.10. The number of fused-ring (bicyclic) bond motifs is 1. The Labute approximate surface area is 176 Å². The quantitative estimate of drug-likeness (QED) is 0.411. The SMILES string of the molecule is COc1cccc2sc(N(CCN(C)C)C(=O)c3cc(Cl)ccc3[N+](=O)[O-])nc12. The average Bonchev–Trinajstić information content (AvgIpc) is 3.11. The molecule has 0 bridgehead atoms. The Kier molecular flexibility index (Phi) is 6.31. The second-order valence-electron chi connectivity index (χ2n) is 6.48. The number of hydrogen-bond donors (Lipinski definition) is 0. The molecular formula is C19H19ClN4O4S. The van der Waals surface area contributed by atoms with Crippen molar-refractivity contribution in [3.8, 4) is 5.75 Å². The number of rotatable bonds is 7. The number of amides is 1. The predicted molar refractivity (Wildman–Crippen MR) is 115 cm³/mol. The van der Waals surface area contributed by atoms with E-state index in [4.69, 9.17) is 16.3 Å². The van der Waals surface area contributed by atoms with Crippen LogP contribution in [-0.4, -0.2) is 55.0 Å². The van der Waals surface area contributed by atoms with Crippen LogP contribution in [0.2, 0.25) is 5.02 Å². The monoisotopic (exact) mass is 434 g/mol. The second-order valence-corrected chi connectivity index (χ2v) is 7.93. The summed E-state index contributed by atoms with van der Waals surface area (Å²) in [5, 5.41) is 12.1. The van der Waals surface area contributed by atoms with Crippen molar-refractivity contribution in [2.24, 2.45) is 0 Å². The first-order chi connectivity index (χ1) is 13.8. The highest BCUT2D eigenvalue weighted by atomic mass is 35.5. The first-order valence-electron chi connectivity index (χ1n) is 8.66. The molecule has 29 heavy (non-hydrogen) atoms. The van der Waals surface area contributed by atoms with E-state index in [1.807, 2.05) is 31.1 Å². The van der Waals surface area contributed by atoms with Gasteiger partial charge < -0.3 is 9.64 Å². The van der Waals surface area contributed by atoms with Gasteiger partial charge in [-0.25, -0.2) is 4.98 Å². The van der Waals surface area contributed by atoms with Crippen molar-refractivity contribution in [3.63, 3.8) is 0 Å². The molecule has 0 aliphatic heterocycles. The van der Waals surface area contributed by atoms with Gasteiger partial charge in [0.2, 0.25) is 0 Å². The van der Waals surface area contributed by atoms with Crippen molar-refractivity contribution >= 4 is 49.9 Å². The lowest BCUT2D eigenvalue weighted by Gasteiger charge is -2.22. The summed E-state index contributed by atoms with van der Waals surface area (Å²) >= 11 is 7.34. The van der Waals surface area contributed by atoms with Crippen LogP contribution in [0.15, 0.2) is 36.4 Å². The van der Waals surface area contributed by atoms with Crippen molar-refractivity contribution < 1.29 is 14.5 Å². The number of para-hydroxylation sites is 1. The Morgan fingerprint density at radius 3 is 2.69 bits per heavy atom. The van der Waals surface area contributed by atoms with Crippen molar-refractivity contribution in [3.05, 3.63) is 57.1 Å². The largest absolute Gasteiger partial charge is 0.494 e. The summed E-state index contributed by atoms with van der Waals surface area (Å²) in [5.74, 6) is 0.0674. The summed E-state index contributed by atoms with van der Waals surface area (Å²) in [5.41, 5.74) is 0.263. The summed E-state index contributed by atoms with van der Waals surface area (Å²) in [6.07, 6.45) is 0. The van der Waals surface area contributed by atoms with Crippen LogP contribution >= 0.6 is 22.9 Å². The van der Waals surface area contributed by atoms with Gasteiger partial charge in [-0.05, 0) is 38.4 Å². The molecule has 1 aromatic heterocycles. The molecule has 2 aromatic carbocycles. The van der Waals surface area contributed by atoms with Crippen LogP contribution in [0.1, 0.15) is 10.4 Å². The number of ether oxygens (including phenoxy) is 1. The lowest BCUT2D eigenvalue weighted by atomic mass is 10.1. The second kappa shape index (κ2) is 8.73. The lowest BCUT2D eigenvalue weighted by Crippen LogP contribution is -2.37. The van der Waals surface area contributed by atoms with E-state index in [1.165, 1.54) is 34.4 Å². The van der Waals surface area contributed by atoms with Gasteiger partial charge in [-0.1, -0.05) is 29.0 Å². The summed E-state index contributed by atoms with van der Waals surface area (Å²) < 4.78 is 6.21. The maximum Gasteiger partial charge on any atom is 0.282 e. The molecule has 0 unspecified atom stereocenters. The van der Waals surface area contributed by atoms with Gasteiger partial charge in [0.1, 0.15) is 16.8 Å². The van der Waals surface area contributed by atoms with E-state index in [0.29, 0.717) is 29.5 Å². The number of methoxy groups -OCH3 is 1. The molecule has 0 aliphatic carbocycles. The van der Waals surface area contributed by atoms with Crippen molar-refractivity contribution in [1.82, 2.24) is 9.88 Å². The number of likely N-dealkylation sites (N-methyl/N-ethyl adjacent to an activating group) is 1. The zero-order valence-corrected chi connectivity index (χ0v) is 17.7. The molecule has 0 aliphatic rings. The molecule has 0 spiro atoms. The summed E-state index contributed by atoms with van der Waals surface area (Å²) in [6, 6.07) is 9.47. The number of nitro benzene ring substituents is 1. The number of hydrogen-bond acceptors (Lipinski definition) is 7. The first kappa shape index (κ1) is 21.0. The molecular weight excluding hydrogens is 416 g/mol. The molecule has 0 fully saturated rings. The van der Waals surface area contributed by atoms with E-state index in [0.717, 1.165) is 4.70 Å². The number of thiazole rings is 1. The van der Waals surface area contributed by atoms with Gasteiger partial charge >= 0.3 is 0 Å². The minimum atomic E-state index is -0.588. The Bertz CT molecular complexity index is 1070. The maximum absolute atomic E-state index is 13.3. The molecule has 3 aromatic rings. The summed E-state index contributed by atoms with van der Waals surface area (Å²) in [4.78, 5) is 32.1. The number of nitrogens with zero attached hydrogens (tertiary/aromatic N) is 4. The Morgan fingerprint density at radius 2 is 2.03 bits per heavy atom. The minimum Gasteiger partial charge on any atom is -0.494 e. The summed E-state index contributed by atoms with van der Waals surface area (Å²) in [6.45, 7) is 0.852. The molecule has 152 valence electrons. The standard InChI is InChI=1S/C19H19ClN4O4S/c1-22(2)9-10-23(18(25)13-11-12(20)7-8-14(13)24(26)27)19-21-17-15(28-3)5-4-6-16(17)29-19/h4-8,11H,9-10H2,1-3H3. The van der Waals surface area contributed by atoms with Crippen LogP contribution in [0.4, 0.5) is 10.8 Å². The Hall–Kier alpha value is -2.75. The van der Waals surface area contributed by atoms with Crippen LogP contribution in [0, 0.1) is 10.1 Å². The number of anilines is 1. The highest BCUT2D eigenvalue weighted by Gasteiger charge is 2.28. The van der Waals surface area contributed by atoms with E-state index in [9.17, 15) is 14.9 Å². The zero-order valence-electron chi connectivity index (χ0n) is 16.1. The number of carbonyl (C=O) groups is 1. The molecule has 1 amide bonds. The minimum absolute atomic E-state index is 0.0764. The molecule has 1 heterocycles. The van der Waals surface area contributed by atoms with E-state index in [1.54, 1.807) is 13.2 Å². The van der Waals surface area contributed by atoms with E-state index in [2.05, 4.69) is 4.98 Å². The fourth-order valence-corrected chi connectivity index (χ4v) is 3.94. The fraction of sp³-hybridized carbons (Fsp3) is 0.263. The molecule has 8 nitrogen and oxygen atoms in total. The van der Waals surface area contributed by atoms with Crippen LogP contribution in [0.3, 0.4) is 0 Å². The van der Waals surface area contributed by atoms with Gasteiger partial charge in [0, 0.05) is 24.2 Å². The van der Waals surface area contributed by atoms with Crippen LogP contribution in [0.5, 0.6) is 5.75 Å². The van der Waals surface area contributed by atoms with Gasteiger partial charge in [-0.2, -0.15) is 0 Å². The maximum atomic E-state index is 13.3. The zero-order chi connectivity index (χ0) is 21.1. The Morgan fingerprint density at radius 1 is 1.28 bits per heavy atom.